The molecule has 0 radical (unpaired) electrons. The van der Waals surface area contributed by atoms with E-state index < -0.39 is 12.1 Å². The number of piperidine rings is 1. The van der Waals surface area contributed by atoms with E-state index in [1.54, 1.807) is 11.1 Å². The van der Waals surface area contributed by atoms with Crippen LogP contribution in [-0.4, -0.2) is 51.8 Å². The summed E-state index contributed by atoms with van der Waals surface area (Å²) in [7, 11) is 0. The molecule has 0 aliphatic carbocycles. The number of nitrogens with one attached hydrogen (secondary N) is 1. The van der Waals surface area contributed by atoms with Crippen LogP contribution < -0.4 is 10.5 Å². The Morgan fingerprint density at radius 1 is 1.21 bits per heavy atom. The van der Waals surface area contributed by atoms with Crippen LogP contribution in [0.3, 0.4) is 0 Å². The number of carbonyl (C=O) groups is 1. The summed E-state index contributed by atoms with van der Waals surface area (Å²) < 4.78 is 46.9. The third-order valence-electron chi connectivity index (χ3n) is 6.38. The predicted octanol–water partition coefficient (Wildman–Crippen LogP) is 4.31. The second kappa shape index (κ2) is 8.79. The fraction of sp³-hybridized carbons (Fsp3) is 0.435. The molecule has 1 amide bonds. The van der Waals surface area contributed by atoms with E-state index in [0.717, 1.165) is 67.0 Å². The maximum atomic E-state index is 13.0. The van der Waals surface area contributed by atoms with E-state index in [0.29, 0.717) is 13.1 Å². The van der Waals surface area contributed by atoms with Gasteiger partial charge in [-0.3, -0.25) is 4.79 Å². The number of imidazole rings is 1. The molecule has 8 nitrogen and oxygen atoms in total. The molecule has 1 atom stereocenters. The lowest BCUT2D eigenvalue weighted by molar-refractivity contribution is -0.274. The first kappa shape index (κ1) is 22.5. The molecule has 34 heavy (non-hydrogen) atoms. The van der Waals surface area contributed by atoms with Gasteiger partial charge < -0.3 is 25.1 Å². The molecule has 2 fully saturated rings. The Labute approximate surface area is 193 Å². The van der Waals surface area contributed by atoms with Crippen LogP contribution >= 0.6 is 0 Å². The van der Waals surface area contributed by atoms with Crippen molar-refractivity contribution in [3.8, 4) is 5.75 Å². The number of nitrogens with two attached hydrogens (primary N) is 1. The zero-order chi connectivity index (χ0) is 23.9. The number of likely N-dealkylation sites (tertiary alicyclic amines) is 1. The van der Waals surface area contributed by atoms with Gasteiger partial charge >= 0.3 is 6.36 Å². The van der Waals surface area contributed by atoms with E-state index in [4.69, 9.17) is 15.5 Å². The van der Waals surface area contributed by atoms with Crippen molar-refractivity contribution < 1.29 is 27.4 Å². The number of aromatic amines is 1. The van der Waals surface area contributed by atoms with Crippen LogP contribution in [0.2, 0.25) is 0 Å². The van der Waals surface area contributed by atoms with Crippen LogP contribution in [0, 0.1) is 0 Å². The van der Waals surface area contributed by atoms with Gasteiger partial charge in [-0.2, -0.15) is 0 Å². The molecule has 180 valence electrons. The monoisotopic (exact) mass is 475 g/mol. The number of H-pyrrole nitrogens is 1. The van der Waals surface area contributed by atoms with Gasteiger partial charge in [-0.15, -0.1) is 13.2 Å². The highest BCUT2D eigenvalue weighted by atomic mass is 19.4. The average molecular weight is 475 g/mol. The number of pyridine rings is 1. The molecule has 2 saturated heterocycles. The van der Waals surface area contributed by atoms with Crippen molar-refractivity contribution in [2.24, 2.45) is 0 Å². The zero-order valence-electron chi connectivity index (χ0n) is 18.3. The van der Waals surface area contributed by atoms with Crippen molar-refractivity contribution in [2.75, 3.05) is 25.4 Å². The van der Waals surface area contributed by atoms with E-state index >= 15 is 0 Å². The normalized spacial score (nSPS) is 19.6. The number of hydrogen-bond acceptors (Lipinski definition) is 6. The fourth-order valence-electron chi connectivity index (χ4n) is 4.72. The summed E-state index contributed by atoms with van der Waals surface area (Å²) in [6.45, 7) is 1.73. The molecule has 11 heteroatoms. The number of nitrogen functional groups attached to an aromatic ring is 1. The molecule has 2 aliphatic rings. The predicted molar refractivity (Wildman–Crippen MR) is 117 cm³/mol. The number of alkyl halides is 3. The molecular formula is C23H24F3N5O3. The molecule has 1 aromatic carbocycles. The van der Waals surface area contributed by atoms with Crippen LogP contribution in [0.4, 0.5) is 18.9 Å². The minimum absolute atomic E-state index is 0.0279. The molecular weight excluding hydrogens is 451 g/mol. The van der Waals surface area contributed by atoms with E-state index in [1.807, 2.05) is 6.07 Å². The number of nitrogens with zero attached hydrogens (tertiary/aromatic N) is 3. The second-order valence-corrected chi connectivity index (χ2v) is 8.58. The highest BCUT2D eigenvalue weighted by Gasteiger charge is 2.32. The Kier molecular flexibility index (Phi) is 5.80. The largest absolute Gasteiger partial charge is 0.573 e. The lowest BCUT2D eigenvalue weighted by atomic mass is 9.89. The lowest BCUT2D eigenvalue weighted by Crippen LogP contribution is -2.38. The third kappa shape index (κ3) is 4.52. The SMILES string of the molecule is Nc1cc(OC(F)(F)F)ccc1C(=O)N1CCC(c2ccnc3[nH]c(C4CCCO4)nc23)CC1. The van der Waals surface area contributed by atoms with Crippen molar-refractivity contribution in [1.29, 1.82) is 0 Å². The molecule has 3 N–H and O–H groups in total. The van der Waals surface area contributed by atoms with Crippen LogP contribution in [-0.2, 0) is 4.74 Å². The van der Waals surface area contributed by atoms with E-state index in [-0.39, 0.29) is 29.2 Å². The summed E-state index contributed by atoms with van der Waals surface area (Å²) in [6, 6.07) is 5.36. The van der Waals surface area contributed by atoms with E-state index in [1.165, 1.54) is 6.07 Å². The quantitative estimate of drug-likeness (QED) is 0.545. The van der Waals surface area contributed by atoms with Gasteiger partial charge in [-0.25, -0.2) is 9.97 Å². The van der Waals surface area contributed by atoms with Crippen molar-refractivity contribution in [3.63, 3.8) is 0 Å². The van der Waals surface area contributed by atoms with Gasteiger partial charge in [-0.05, 0) is 55.4 Å². The summed E-state index contributed by atoms with van der Waals surface area (Å²) in [5.41, 5.74) is 8.62. The Balaban J connectivity index is 1.28. The minimum atomic E-state index is -4.82. The van der Waals surface area contributed by atoms with Crippen LogP contribution in [0.1, 0.15) is 59.5 Å². The Morgan fingerprint density at radius 3 is 2.68 bits per heavy atom. The highest BCUT2D eigenvalue weighted by molar-refractivity contribution is 5.99. The number of ether oxygens (including phenoxy) is 2. The van der Waals surface area contributed by atoms with Gasteiger partial charge in [-0.1, -0.05) is 0 Å². The molecule has 0 saturated carbocycles. The topological polar surface area (TPSA) is 106 Å². The van der Waals surface area contributed by atoms with Crippen molar-refractivity contribution in [2.45, 2.75) is 44.1 Å². The molecule has 2 aromatic heterocycles. The van der Waals surface area contributed by atoms with Crippen molar-refractivity contribution in [1.82, 2.24) is 19.9 Å². The molecule has 0 spiro atoms. The van der Waals surface area contributed by atoms with Gasteiger partial charge in [0, 0.05) is 37.6 Å². The number of anilines is 1. The van der Waals surface area contributed by atoms with Gasteiger partial charge in [0.15, 0.2) is 5.65 Å². The Morgan fingerprint density at radius 2 is 2.00 bits per heavy atom. The molecule has 2 aliphatic heterocycles. The Bertz CT molecular complexity index is 1200. The Hall–Kier alpha value is -3.34. The molecule has 0 bridgehead atoms. The molecule has 3 aromatic rings. The standard InChI is InChI=1S/C23H24F3N5O3/c24-23(25,26)34-14-3-4-16(17(27)12-14)22(32)31-9-6-13(7-10-31)15-5-8-28-21-19(15)29-20(30-21)18-2-1-11-33-18/h3-5,8,12-13,18H,1-2,6-7,9-11,27H2,(H,28,29,30). The van der Waals surface area contributed by atoms with Crippen molar-refractivity contribution in [3.05, 3.63) is 47.4 Å². The first-order valence-electron chi connectivity index (χ1n) is 11.2. The molecule has 4 heterocycles. The van der Waals surface area contributed by atoms with Gasteiger partial charge in [0.1, 0.15) is 23.2 Å². The molecule has 5 rings (SSSR count). The summed E-state index contributed by atoms with van der Waals surface area (Å²) in [4.78, 5) is 27.1. The highest BCUT2D eigenvalue weighted by Crippen LogP contribution is 2.35. The minimum Gasteiger partial charge on any atom is -0.406 e. The maximum absolute atomic E-state index is 13.0. The second-order valence-electron chi connectivity index (χ2n) is 8.58. The third-order valence-corrected chi connectivity index (χ3v) is 6.38. The number of rotatable bonds is 4. The van der Waals surface area contributed by atoms with E-state index in [9.17, 15) is 18.0 Å². The first-order chi connectivity index (χ1) is 16.3. The summed E-state index contributed by atoms with van der Waals surface area (Å²) in [5, 5.41) is 0. The van der Waals surface area contributed by atoms with Crippen LogP contribution in [0.25, 0.3) is 11.2 Å². The van der Waals surface area contributed by atoms with E-state index in [2.05, 4.69) is 14.7 Å². The number of benzene rings is 1. The number of hydrogen-bond donors (Lipinski definition) is 2. The average Bonchev–Trinajstić information content (AvgIpc) is 3.47. The number of fused-ring (bicyclic) bond motifs is 1. The number of carbonyl (C=O) groups excluding carboxylic acids is 1. The van der Waals surface area contributed by atoms with Gasteiger partial charge in [0.25, 0.3) is 5.91 Å². The lowest BCUT2D eigenvalue weighted by Gasteiger charge is -2.32. The zero-order valence-corrected chi connectivity index (χ0v) is 18.3. The van der Waals surface area contributed by atoms with Crippen molar-refractivity contribution >= 4 is 22.8 Å². The smallest absolute Gasteiger partial charge is 0.406 e. The number of aromatic nitrogens is 3. The fourth-order valence-corrected chi connectivity index (χ4v) is 4.72. The first-order valence-corrected chi connectivity index (χ1v) is 11.2. The summed E-state index contributed by atoms with van der Waals surface area (Å²) in [5.74, 6) is 0.238. The van der Waals surface area contributed by atoms with Crippen LogP contribution in [0.15, 0.2) is 30.5 Å². The maximum Gasteiger partial charge on any atom is 0.573 e. The van der Waals surface area contributed by atoms with Gasteiger partial charge in [0.05, 0.1) is 5.56 Å². The summed E-state index contributed by atoms with van der Waals surface area (Å²) >= 11 is 0. The van der Waals surface area contributed by atoms with Crippen LogP contribution in [0.5, 0.6) is 5.75 Å². The number of halogens is 3. The van der Waals surface area contributed by atoms with Gasteiger partial charge in [0.2, 0.25) is 0 Å². The summed E-state index contributed by atoms with van der Waals surface area (Å²) in [6.07, 6.45) is 0.304. The number of amides is 1. The molecule has 1 unspecified atom stereocenters.